The third-order valence-electron chi connectivity index (χ3n) is 7.09. The molecule has 1 fully saturated rings. The molecule has 3 aromatic carbocycles. The van der Waals surface area contributed by atoms with Crippen molar-refractivity contribution in [1.82, 2.24) is 15.5 Å². The fourth-order valence-corrected chi connectivity index (χ4v) is 4.80. The second-order valence-corrected chi connectivity index (χ2v) is 9.97. The summed E-state index contributed by atoms with van der Waals surface area (Å²) in [4.78, 5) is 40.5. The highest BCUT2D eigenvalue weighted by Gasteiger charge is 2.43. The molecule has 4 rings (SSSR count). The van der Waals surface area contributed by atoms with Crippen molar-refractivity contribution in [3.05, 3.63) is 101 Å². The van der Waals surface area contributed by atoms with E-state index in [0.717, 1.165) is 17.0 Å². The number of carbonyl (C=O) groups is 3. The van der Waals surface area contributed by atoms with Crippen LogP contribution in [0.4, 0.5) is 13.2 Å². The van der Waals surface area contributed by atoms with E-state index < -0.39 is 60.3 Å². The topological polar surface area (TPSA) is 119 Å². The summed E-state index contributed by atoms with van der Waals surface area (Å²) in [6, 6.07) is 13.9. The maximum absolute atomic E-state index is 14.5. The first kappa shape index (κ1) is 29.6. The van der Waals surface area contributed by atoms with Gasteiger partial charge >= 0.3 is 0 Å². The lowest BCUT2D eigenvalue weighted by atomic mass is 9.98. The lowest BCUT2D eigenvalue weighted by Gasteiger charge is -2.30. The number of alkyl halides is 1. The number of nitrogens with zero attached hydrogens (tertiary/aromatic N) is 1. The molecule has 0 bridgehead atoms. The van der Waals surface area contributed by atoms with Crippen LogP contribution in [0, 0.1) is 18.6 Å². The molecule has 0 radical (unpaired) electrons. The predicted molar refractivity (Wildman–Crippen MR) is 143 cm³/mol. The third kappa shape index (κ3) is 7.04. The minimum absolute atomic E-state index is 0.0389. The number of aliphatic hydroxyl groups is 1. The van der Waals surface area contributed by atoms with Gasteiger partial charge in [-0.05, 0) is 48.7 Å². The number of hydrogen-bond donors (Lipinski definition) is 4. The molecule has 0 aromatic heterocycles. The average molecular weight is 570 g/mol. The minimum atomic E-state index is -1.84. The Bertz CT molecular complexity index is 1420. The summed E-state index contributed by atoms with van der Waals surface area (Å²) in [5.41, 5.74) is 1.41. The maximum atomic E-state index is 14.5. The molecule has 0 saturated carbocycles. The van der Waals surface area contributed by atoms with E-state index in [0.29, 0.717) is 11.1 Å². The van der Waals surface area contributed by atoms with E-state index in [1.54, 1.807) is 37.3 Å². The van der Waals surface area contributed by atoms with Crippen LogP contribution in [0.15, 0.2) is 66.7 Å². The molecule has 0 spiro atoms. The number of amides is 3. The highest BCUT2D eigenvalue weighted by molar-refractivity contribution is 5.97. The van der Waals surface area contributed by atoms with Gasteiger partial charge in [0, 0.05) is 24.1 Å². The van der Waals surface area contributed by atoms with Gasteiger partial charge in [0.25, 0.3) is 11.8 Å². The normalized spacial score (nSPS) is 18.0. The molecule has 1 aliphatic heterocycles. The van der Waals surface area contributed by atoms with Crippen LogP contribution in [-0.4, -0.2) is 63.7 Å². The van der Waals surface area contributed by atoms with Gasteiger partial charge in [0.1, 0.15) is 18.0 Å². The van der Waals surface area contributed by atoms with Crippen LogP contribution in [0.3, 0.4) is 0 Å². The number of likely N-dealkylation sites (tertiary alicyclic amines) is 1. The Hall–Kier alpha value is -4.38. The zero-order valence-electron chi connectivity index (χ0n) is 22.2. The third-order valence-corrected chi connectivity index (χ3v) is 7.09. The number of aromatic hydroxyl groups is 1. The zero-order valence-corrected chi connectivity index (χ0v) is 22.2. The minimum Gasteiger partial charge on any atom is -0.508 e. The van der Waals surface area contributed by atoms with Crippen molar-refractivity contribution >= 4 is 17.7 Å². The Labute approximate surface area is 234 Å². The summed E-state index contributed by atoms with van der Waals surface area (Å²) < 4.78 is 41.2. The number of rotatable bonds is 9. The highest BCUT2D eigenvalue weighted by atomic mass is 19.2. The van der Waals surface area contributed by atoms with Crippen molar-refractivity contribution in [3.63, 3.8) is 0 Å². The van der Waals surface area contributed by atoms with Crippen molar-refractivity contribution in [1.29, 1.82) is 0 Å². The van der Waals surface area contributed by atoms with Crippen molar-refractivity contribution in [2.75, 3.05) is 6.54 Å². The molecule has 11 heteroatoms. The monoisotopic (exact) mass is 569 g/mol. The van der Waals surface area contributed by atoms with E-state index in [1.807, 2.05) is 0 Å². The van der Waals surface area contributed by atoms with Gasteiger partial charge in [-0.15, -0.1) is 0 Å². The first-order valence-electron chi connectivity index (χ1n) is 13.0. The molecule has 1 heterocycles. The van der Waals surface area contributed by atoms with Gasteiger partial charge in [-0.3, -0.25) is 14.4 Å². The summed E-state index contributed by atoms with van der Waals surface area (Å²) in [7, 11) is 0. The number of phenolic OH excluding ortho intramolecular Hbond substituents is 1. The molecule has 8 nitrogen and oxygen atoms in total. The molecule has 4 atom stereocenters. The van der Waals surface area contributed by atoms with E-state index in [4.69, 9.17) is 0 Å². The van der Waals surface area contributed by atoms with E-state index in [9.17, 15) is 37.8 Å². The molecule has 0 unspecified atom stereocenters. The van der Waals surface area contributed by atoms with Gasteiger partial charge in [-0.2, -0.15) is 0 Å². The average Bonchev–Trinajstić information content (AvgIpc) is 3.36. The fourth-order valence-electron chi connectivity index (χ4n) is 4.80. The van der Waals surface area contributed by atoms with Crippen molar-refractivity contribution in [2.24, 2.45) is 0 Å². The van der Waals surface area contributed by atoms with Crippen LogP contribution >= 0.6 is 0 Å². The Balaban J connectivity index is 1.52. The van der Waals surface area contributed by atoms with Crippen LogP contribution < -0.4 is 10.6 Å². The van der Waals surface area contributed by atoms with Crippen LogP contribution in [0.2, 0.25) is 0 Å². The van der Waals surface area contributed by atoms with Gasteiger partial charge in [-0.1, -0.05) is 42.5 Å². The molecule has 4 N–H and O–H groups in total. The van der Waals surface area contributed by atoms with Gasteiger partial charge in [0.05, 0.1) is 12.6 Å². The molecule has 0 aliphatic carbocycles. The Kier molecular flexibility index (Phi) is 9.28. The summed E-state index contributed by atoms with van der Waals surface area (Å²) >= 11 is 0. The van der Waals surface area contributed by atoms with Gasteiger partial charge < -0.3 is 25.7 Å². The Morgan fingerprint density at radius 2 is 1.73 bits per heavy atom. The Morgan fingerprint density at radius 3 is 2.44 bits per heavy atom. The summed E-state index contributed by atoms with van der Waals surface area (Å²) in [5.74, 6) is -4.55. The highest BCUT2D eigenvalue weighted by Crippen LogP contribution is 2.24. The van der Waals surface area contributed by atoms with Crippen molar-refractivity contribution in [2.45, 2.75) is 50.7 Å². The molecule has 41 heavy (non-hydrogen) atoms. The predicted octanol–water partition coefficient (Wildman–Crippen LogP) is 2.94. The second-order valence-electron chi connectivity index (χ2n) is 9.97. The lowest BCUT2D eigenvalue weighted by molar-refractivity contribution is -0.146. The SMILES string of the molecule is Cc1c(O)cccc1C(=O)N[C@@H](Cc1ccccc1)[C@H](O)C(=O)N1C[C@@H](F)C[C@H]1C(=O)NCc1ccc(F)c(F)c1. The first-order chi connectivity index (χ1) is 19.5. The summed E-state index contributed by atoms with van der Waals surface area (Å²) in [5, 5.41) is 26.4. The number of halogens is 3. The lowest BCUT2D eigenvalue weighted by Crippen LogP contribution is -2.55. The summed E-state index contributed by atoms with van der Waals surface area (Å²) in [6.45, 7) is 0.911. The number of nitrogens with one attached hydrogen (secondary N) is 2. The number of hydrogen-bond acceptors (Lipinski definition) is 5. The van der Waals surface area contributed by atoms with E-state index in [1.165, 1.54) is 24.3 Å². The summed E-state index contributed by atoms with van der Waals surface area (Å²) in [6.07, 6.45) is -3.66. The smallest absolute Gasteiger partial charge is 0.254 e. The maximum Gasteiger partial charge on any atom is 0.254 e. The van der Waals surface area contributed by atoms with Gasteiger partial charge in [-0.25, -0.2) is 13.2 Å². The van der Waals surface area contributed by atoms with E-state index in [2.05, 4.69) is 10.6 Å². The molecular formula is C30H30F3N3O5. The molecule has 1 saturated heterocycles. The number of carbonyl (C=O) groups excluding carboxylic acids is 3. The number of phenols is 1. The molecular weight excluding hydrogens is 539 g/mol. The van der Waals surface area contributed by atoms with Gasteiger partial charge in [0.15, 0.2) is 17.7 Å². The van der Waals surface area contributed by atoms with Crippen molar-refractivity contribution in [3.8, 4) is 5.75 Å². The van der Waals surface area contributed by atoms with E-state index in [-0.39, 0.29) is 36.3 Å². The van der Waals surface area contributed by atoms with E-state index >= 15 is 0 Å². The Morgan fingerprint density at radius 1 is 1.00 bits per heavy atom. The molecule has 1 aliphatic rings. The molecule has 3 amide bonds. The first-order valence-corrected chi connectivity index (χ1v) is 13.0. The molecule has 216 valence electrons. The molecule has 3 aromatic rings. The van der Waals surface area contributed by atoms with Crippen LogP contribution in [0.5, 0.6) is 5.75 Å². The zero-order chi connectivity index (χ0) is 29.7. The van der Waals surface area contributed by atoms with Gasteiger partial charge in [0.2, 0.25) is 5.91 Å². The van der Waals surface area contributed by atoms with Crippen LogP contribution in [0.1, 0.15) is 33.5 Å². The number of aliphatic hydroxyl groups excluding tert-OH is 1. The second kappa shape index (κ2) is 12.9. The standard InChI is InChI=1S/C30H30F3N3O5/c1-17-21(8-5-9-26(17)37)28(39)35-24(13-18-6-3-2-4-7-18)27(38)30(41)36-16-20(31)14-25(36)29(40)34-15-19-10-11-22(32)23(33)12-19/h2-12,20,24-25,27,37-38H,13-16H2,1H3,(H,34,40)(H,35,39)/t20-,24-,25-,27-/m0/s1. The van der Waals surface area contributed by atoms with Crippen LogP contribution in [-0.2, 0) is 22.6 Å². The quantitative estimate of drug-likeness (QED) is 0.316. The van der Waals surface area contributed by atoms with Crippen molar-refractivity contribution < 1.29 is 37.8 Å². The van der Waals surface area contributed by atoms with Crippen LogP contribution in [0.25, 0.3) is 0 Å². The number of benzene rings is 3. The largest absolute Gasteiger partial charge is 0.508 e. The fraction of sp³-hybridized carbons (Fsp3) is 0.300.